The van der Waals surface area contributed by atoms with E-state index in [2.05, 4.69) is 4.18 Å². The van der Waals surface area contributed by atoms with Crippen LogP contribution in [-0.4, -0.2) is 15.4 Å². The van der Waals surface area contributed by atoms with Crippen molar-refractivity contribution in [2.75, 3.05) is 6.61 Å². The van der Waals surface area contributed by atoms with Gasteiger partial charge in [0.2, 0.25) is 0 Å². The van der Waals surface area contributed by atoms with E-state index in [0.717, 1.165) is 12.8 Å². The normalized spacial score (nSPS) is 12.7. The topological polar surface area (TPSA) is 49.4 Å². The molecule has 72 valence electrons. The predicted octanol–water partition coefficient (Wildman–Crippen LogP) is 1.43. The Balaban J connectivity index is 2.17. The van der Waals surface area contributed by atoms with Crippen molar-refractivity contribution in [3.05, 3.63) is 35.9 Å². The van der Waals surface area contributed by atoms with Gasteiger partial charge in [-0.3, -0.25) is 0 Å². The molecule has 0 radical (unpaired) electrons. The largest absolute Gasteiger partial charge is 0.750 e. The van der Waals surface area contributed by atoms with Gasteiger partial charge in [-0.1, -0.05) is 30.3 Å². The summed E-state index contributed by atoms with van der Waals surface area (Å²) in [7, 11) is 0. The van der Waals surface area contributed by atoms with Crippen molar-refractivity contribution in [2.24, 2.45) is 0 Å². The lowest BCUT2D eigenvalue weighted by molar-refractivity contribution is 0.295. The zero-order chi connectivity index (χ0) is 9.52. The van der Waals surface area contributed by atoms with Crippen LogP contribution >= 0.6 is 0 Å². The molecule has 0 aliphatic carbocycles. The number of aryl methyl sites for hydroxylation is 1. The van der Waals surface area contributed by atoms with Gasteiger partial charge in [0.15, 0.2) is 0 Å². The molecule has 0 aliphatic heterocycles. The molecule has 1 unspecified atom stereocenters. The standard InChI is InChI=1S/C9H12O3S/c10-13(11)12-8-4-7-9-5-2-1-3-6-9/h1-3,5-6H,4,7-8H2,(H,10,11)/p-1. The molecule has 4 heteroatoms. The number of benzene rings is 1. The third-order valence-electron chi connectivity index (χ3n) is 1.63. The molecule has 0 aliphatic rings. The fourth-order valence-electron chi connectivity index (χ4n) is 1.05. The molecule has 0 heterocycles. The molecular formula is C9H11O3S-. The summed E-state index contributed by atoms with van der Waals surface area (Å²) in [5.41, 5.74) is 1.20. The lowest BCUT2D eigenvalue weighted by atomic mass is 10.1. The average Bonchev–Trinajstić information content (AvgIpc) is 2.14. The fourth-order valence-corrected chi connectivity index (χ4v) is 1.30. The Bertz CT molecular complexity index is 261. The van der Waals surface area contributed by atoms with Gasteiger partial charge in [-0.2, -0.15) is 0 Å². The summed E-state index contributed by atoms with van der Waals surface area (Å²) in [6, 6.07) is 9.89. The monoisotopic (exact) mass is 199 g/mol. The van der Waals surface area contributed by atoms with Crippen molar-refractivity contribution in [1.29, 1.82) is 0 Å². The molecular weight excluding hydrogens is 188 g/mol. The summed E-state index contributed by atoms with van der Waals surface area (Å²) in [6.45, 7) is 0.255. The van der Waals surface area contributed by atoms with Crippen LogP contribution in [0.5, 0.6) is 0 Å². The van der Waals surface area contributed by atoms with Gasteiger partial charge in [-0.05, 0) is 18.4 Å². The minimum atomic E-state index is -2.37. The second kappa shape index (κ2) is 5.85. The summed E-state index contributed by atoms with van der Waals surface area (Å²) < 4.78 is 24.4. The first-order chi connectivity index (χ1) is 6.29. The Morgan fingerprint density at radius 1 is 1.31 bits per heavy atom. The van der Waals surface area contributed by atoms with Crippen LogP contribution in [0.25, 0.3) is 0 Å². The molecule has 0 amide bonds. The smallest absolute Gasteiger partial charge is 0.0842 e. The summed E-state index contributed by atoms with van der Waals surface area (Å²) in [5, 5.41) is 0. The highest BCUT2D eigenvalue weighted by molar-refractivity contribution is 7.74. The molecule has 0 aromatic heterocycles. The number of hydrogen-bond donors (Lipinski definition) is 0. The Morgan fingerprint density at radius 3 is 2.62 bits per heavy atom. The van der Waals surface area contributed by atoms with Gasteiger partial charge in [0.25, 0.3) is 0 Å². The van der Waals surface area contributed by atoms with Crippen molar-refractivity contribution in [1.82, 2.24) is 0 Å². The fraction of sp³-hybridized carbons (Fsp3) is 0.333. The maximum absolute atomic E-state index is 9.99. The summed E-state index contributed by atoms with van der Waals surface area (Å²) in [6.07, 6.45) is 1.57. The Kier molecular flexibility index (Phi) is 4.67. The Labute approximate surface area is 80.2 Å². The minimum absolute atomic E-state index is 0.255. The molecule has 1 atom stereocenters. The van der Waals surface area contributed by atoms with Gasteiger partial charge in [0, 0.05) is 0 Å². The van der Waals surface area contributed by atoms with E-state index in [-0.39, 0.29) is 6.61 Å². The molecule has 1 rings (SSSR count). The van der Waals surface area contributed by atoms with E-state index < -0.39 is 11.4 Å². The summed E-state index contributed by atoms with van der Waals surface area (Å²) >= 11 is -2.37. The molecule has 0 saturated carbocycles. The highest BCUT2D eigenvalue weighted by Gasteiger charge is 1.91. The van der Waals surface area contributed by atoms with Gasteiger partial charge in [-0.15, -0.1) is 0 Å². The quantitative estimate of drug-likeness (QED) is 0.532. The first-order valence-electron chi connectivity index (χ1n) is 4.05. The van der Waals surface area contributed by atoms with Crippen molar-refractivity contribution in [2.45, 2.75) is 12.8 Å². The van der Waals surface area contributed by atoms with Crippen LogP contribution in [0, 0.1) is 0 Å². The molecule has 0 saturated heterocycles. The highest BCUT2D eigenvalue weighted by Crippen LogP contribution is 2.02. The van der Waals surface area contributed by atoms with Crippen molar-refractivity contribution in [3.63, 3.8) is 0 Å². The highest BCUT2D eigenvalue weighted by atomic mass is 32.2. The molecule has 1 aromatic carbocycles. The van der Waals surface area contributed by atoms with Gasteiger partial charge in [-0.25, -0.2) is 4.21 Å². The second-order valence-electron chi connectivity index (χ2n) is 2.62. The molecule has 13 heavy (non-hydrogen) atoms. The van der Waals surface area contributed by atoms with Crippen LogP contribution in [0.2, 0.25) is 0 Å². The van der Waals surface area contributed by atoms with E-state index in [9.17, 15) is 8.76 Å². The summed E-state index contributed by atoms with van der Waals surface area (Å²) in [4.78, 5) is 0. The van der Waals surface area contributed by atoms with Gasteiger partial charge < -0.3 is 8.74 Å². The maximum atomic E-state index is 9.99. The molecule has 3 nitrogen and oxygen atoms in total. The first-order valence-corrected chi connectivity index (χ1v) is 5.05. The SMILES string of the molecule is O=S([O-])OCCCc1ccccc1. The van der Waals surface area contributed by atoms with Crippen LogP contribution in [0.15, 0.2) is 30.3 Å². The van der Waals surface area contributed by atoms with E-state index in [1.54, 1.807) is 0 Å². The lowest BCUT2D eigenvalue weighted by Gasteiger charge is -2.05. The van der Waals surface area contributed by atoms with Gasteiger partial charge >= 0.3 is 0 Å². The predicted molar refractivity (Wildman–Crippen MR) is 49.6 cm³/mol. The van der Waals surface area contributed by atoms with E-state index in [0.29, 0.717) is 0 Å². The van der Waals surface area contributed by atoms with E-state index in [1.165, 1.54) is 5.56 Å². The zero-order valence-electron chi connectivity index (χ0n) is 7.14. The van der Waals surface area contributed by atoms with E-state index in [4.69, 9.17) is 0 Å². The third-order valence-corrected chi connectivity index (χ3v) is 1.99. The second-order valence-corrected chi connectivity index (χ2v) is 3.26. The molecule has 0 spiro atoms. The van der Waals surface area contributed by atoms with E-state index >= 15 is 0 Å². The van der Waals surface area contributed by atoms with Crippen LogP contribution in [0.1, 0.15) is 12.0 Å². The molecule has 0 bridgehead atoms. The Hall–Kier alpha value is -0.710. The lowest BCUT2D eigenvalue weighted by Crippen LogP contribution is -1.99. The first kappa shape index (κ1) is 10.4. The zero-order valence-corrected chi connectivity index (χ0v) is 7.96. The van der Waals surface area contributed by atoms with Gasteiger partial charge in [0.1, 0.15) is 0 Å². The Morgan fingerprint density at radius 2 is 2.00 bits per heavy atom. The molecule has 1 aromatic rings. The third kappa shape index (κ3) is 4.77. The number of rotatable bonds is 5. The van der Waals surface area contributed by atoms with Crippen molar-refractivity contribution >= 4 is 11.4 Å². The van der Waals surface area contributed by atoms with Crippen LogP contribution in [-0.2, 0) is 22.0 Å². The average molecular weight is 199 g/mol. The van der Waals surface area contributed by atoms with Crippen LogP contribution < -0.4 is 0 Å². The minimum Gasteiger partial charge on any atom is -0.750 e. The number of hydrogen-bond acceptors (Lipinski definition) is 3. The van der Waals surface area contributed by atoms with E-state index in [1.807, 2.05) is 30.3 Å². The van der Waals surface area contributed by atoms with Crippen molar-refractivity contribution < 1.29 is 12.9 Å². The molecule has 0 N–H and O–H groups in total. The van der Waals surface area contributed by atoms with Crippen LogP contribution in [0.4, 0.5) is 0 Å². The summed E-state index contributed by atoms with van der Waals surface area (Å²) in [5.74, 6) is 0. The van der Waals surface area contributed by atoms with Crippen LogP contribution in [0.3, 0.4) is 0 Å². The van der Waals surface area contributed by atoms with Gasteiger partial charge in [0.05, 0.1) is 18.0 Å². The molecule has 0 fully saturated rings. The van der Waals surface area contributed by atoms with Crippen molar-refractivity contribution in [3.8, 4) is 0 Å². The maximum Gasteiger partial charge on any atom is 0.0842 e.